The van der Waals surface area contributed by atoms with Gasteiger partial charge in [0.05, 0.1) is 29.0 Å². The number of rotatable bonds is 5. The van der Waals surface area contributed by atoms with Crippen LogP contribution in [-0.2, 0) is 4.79 Å². The van der Waals surface area contributed by atoms with E-state index in [2.05, 4.69) is 10.3 Å². The second kappa shape index (κ2) is 8.63. The van der Waals surface area contributed by atoms with E-state index in [1.165, 1.54) is 4.90 Å². The van der Waals surface area contributed by atoms with Crippen molar-refractivity contribution in [1.29, 1.82) is 0 Å². The van der Waals surface area contributed by atoms with E-state index < -0.39 is 0 Å². The van der Waals surface area contributed by atoms with Crippen LogP contribution in [-0.4, -0.2) is 41.5 Å². The normalized spacial score (nSPS) is 10.7. The van der Waals surface area contributed by atoms with E-state index in [4.69, 9.17) is 11.6 Å². The quantitative estimate of drug-likeness (QED) is 0.619. The molecule has 28 heavy (non-hydrogen) atoms. The van der Waals surface area contributed by atoms with Gasteiger partial charge < -0.3 is 10.2 Å². The third-order valence-electron chi connectivity index (χ3n) is 4.31. The number of anilines is 1. The maximum atomic E-state index is 12.9. The van der Waals surface area contributed by atoms with Gasteiger partial charge in [0.25, 0.3) is 5.91 Å². The van der Waals surface area contributed by atoms with Crippen molar-refractivity contribution in [2.45, 2.75) is 11.8 Å². The topological polar surface area (TPSA) is 62.3 Å². The number of likely N-dealkylation sites (N-methyl/N-ethyl adjacent to an activating group) is 1. The molecule has 0 atom stereocenters. The van der Waals surface area contributed by atoms with Gasteiger partial charge in [-0.2, -0.15) is 0 Å². The number of fused-ring (bicyclic) bond motifs is 1. The lowest BCUT2D eigenvalue weighted by molar-refractivity contribution is -0.116. The summed E-state index contributed by atoms with van der Waals surface area (Å²) in [6, 6.07) is 14.7. The first-order chi connectivity index (χ1) is 13.4. The maximum Gasteiger partial charge on any atom is 0.255 e. The van der Waals surface area contributed by atoms with Crippen LogP contribution in [0.15, 0.2) is 53.4 Å². The van der Waals surface area contributed by atoms with Crippen molar-refractivity contribution in [2.24, 2.45) is 0 Å². The van der Waals surface area contributed by atoms with Crippen molar-refractivity contribution < 1.29 is 9.59 Å². The van der Waals surface area contributed by atoms with Crippen molar-refractivity contribution in [3.05, 3.63) is 64.8 Å². The molecule has 2 amide bonds. The van der Waals surface area contributed by atoms with Crippen molar-refractivity contribution in [3.63, 3.8) is 0 Å². The van der Waals surface area contributed by atoms with Crippen LogP contribution in [0.4, 0.5) is 5.69 Å². The lowest BCUT2D eigenvalue weighted by Gasteiger charge is -2.18. The standard InChI is InChI=1S/C21H20ClN3O2S/c1-13-16(11-14-10-15(22)8-9-17(14)23-13)21(27)25(2)12-20(26)24-18-6-4-5-7-19(18)28-3/h4-11H,12H2,1-3H3,(H,24,26). The van der Waals surface area contributed by atoms with Crippen LogP contribution in [0.25, 0.3) is 10.9 Å². The summed E-state index contributed by atoms with van der Waals surface area (Å²) < 4.78 is 0. The third kappa shape index (κ3) is 4.46. The Bertz CT molecular complexity index is 1060. The summed E-state index contributed by atoms with van der Waals surface area (Å²) in [5, 5.41) is 4.23. The number of thioether (sulfide) groups is 1. The van der Waals surface area contributed by atoms with Gasteiger partial charge in [-0.05, 0) is 49.6 Å². The molecular weight excluding hydrogens is 394 g/mol. The molecule has 0 spiro atoms. The van der Waals surface area contributed by atoms with Gasteiger partial charge in [0.1, 0.15) is 0 Å². The molecule has 1 N–H and O–H groups in total. The summed E-state index contributed by atoms with van der Waals surface area (Å²) in [5.41, 5.74) is 2.57. The van der Waals surface area contributed by atoms with Gasteiger partial charge in [-0.15, -0.1) is 11.8 Å². The number of nitrogens with one attached hydrogen (secondary N) is 1. The molecule has 0 aliphatic rings. The van der Waals surface area contributed by atoms with Crippen LogP contribution < -0.4 is 5.32 Å². The monoisotopic (exact) mass is 413 g/mol. The van der Waals surface area contributed by atoms with Crippen molar-refractivity contribution in [3.8, 4) is 0 Å². The number of aryl methyl sites for hydroxylation is 1. The summed E-state index contributed by atoms with van der Waals surface area (Å²) in [6.07, 6.45) is 1.95. The zero-order valence-corrected chi connectivity index (χ0v) is 17.4. The zero-order chi connectivity index (χ0) is 20.3. The first-order valence-electron chi connectivity index (χ1n) is 8.64. The number of pyridine rings is 1. The summed E-state index contributed by atoms with van der Waals surface area (Å²) in [5.74, 6) is -0.521. The lowest BCUT2D eigenvalue weighted by Crippen LogP contribution is -2.35. The average Bonchev–Trinajstić information content (AvgIpc) is 2.67. The predicted molar refractivity (Wildman–Crippen MR) is 115 cm³/mol. The molecule has 3 rings (SSSR count). The summed E-state index contributed by atoms with van der Waals surface area (Å²) in [4.78, 5) is 32.1. The van der Waals surface area contributed by atoms with Crippen molar-refractivity contribution in [2.75, 3.05) is 25.2 Å². The maximum absolute atomic E-state index is 12.9. The third-order valence-corrected chi connectivity index (χ3v) is 5.34. The van der Waals surface area contributed by atoms with Gasteiger partial charge in [-0.1, -0.05) is 23.7 Å². The van der Waals surface area contributed by atoms with E-state index in [9.17, 15) is 9.59 Å². The highest BCUT2D eigenvalue weighted by atomic mass is 35.5. The number of nitrogens with zero attached hydrogens (tertiary/aromatic N) is 2. The van der Waals surface area contributed by atoms with Gasteiger partial charge in [-0.25, -0.2) is 0 Å². The largest absolute Gasteiger partial charge is 0.332 e. The molecule has 1 heterocycles. The molecular formula is C21H20ClN3O2S. The Morgan fingerprint density at radius 2 is 1.93 bits per heavy atom. The zero-order valence-electron chi connectivity index (χ0n) is 15.8. The highest BCUT2D eigenvalue weighted by molar-refractivity contribution is 7.98. The SMILES string of the molecule is CSc1ccccc1NC(=O)CN(C)C(=O)c1cc2cc(Cl)ccc2nc1C. The van der Waals surface area contributed by atoms with Crippen LogP contribution >= 0.6 is 23.4 Å². The van der Waals surface area contributed by atoms with E-state index in [1.54, 1.807) is 43.9 Å². The first-order valence-corrected chi connectivity index (χ1v) is 10.2. The smallest absolute Gasteiger partial charge is 0.255 e. The Morgan fingerprint density at radius 3 is 2.68 bits per heavy atom. The second-order valence-corrected chi connectivity index (χ2v) is 7.65. The van der Waals surface area contributed by atoms with Crippen molar-refractivity contribution in [1.82, 2.24) is 9.88 Å². The molecule has 3 aromatic rings. The van der Waals surface area contributed by atoms with E-state index in [-0.39, 0.29) is 18.4 Å². The number of hydrogen-bond donors (Lipinski definition) is 1. The minimum absolute atomic E-state index is 0.0609. The van der Waals surface area contributed by atoms with E-state index >= 15 is 0 Å². The molecule has 0 aliphatic heterocycles. The number of carbonyl (C=O) groups is 2. The van der Waals surface area contributed by atoms with Gasteiger partial charge >= 0.3 is 0 Å². The fourth-order valence-electron chi connectivity index (χ4n) is 2.89. The van der Waals surface area contributed by atoms with Gasteiger partial charge in [-0.3, -0.25) is 14.6 Å². The molecule has 144 valence electrons. The number of amides is 2. The van der Waals surface area contributed by atoms with Crippen molar-refractivity contribution >= 4 is 51.8 Å². The molecule has 0 saturated carbocycles. The molecule has 0 unspecified atom stereocenters. The molecule has 2 aromatic carbocycles. The minimum Gasteiger partial charge on any atom is -0.332 e. The highest BCUT2D eigenvalue weighted by Crippen LogP contribution is 2.25. The van der Waals surface area contributed by atoms with E-state index in [0.29, 0.717) is 16.3 Å². The fourth-order valence-corrected chi connectivity index (χ4v) is 3.62. The molecule has 0 aliphatic carbocycles. The van der Waals surface area contributed by atoms with Gasteiger partial charge in [0, 0.05) is 22.4 Å². The Balaban J connectivity index is 1.76. The van der Waals surface area contributed by atoms with Crippen LogP contribution in [0.3, 0.4) is 0 Å². The summed E-state index contributed by atoms with van der Waals surface area (Å²) in [6.45, 7) is 1.72. The molecule has 0 radical (unpaired) electrons. The van der Waals surface area contributed by atoms with Crippen LogP contribution in [0.5, 0.6) is 0 Å². The van der Waals surface area contributed by atoms with E-state index in [0.717, 1.165) is 21.5 Å². The van der Waals surface area contributed by atoms with Crippen LogP contribution in [0.2, 0.25) is 5.02 Å². The number of halogens is 1. The Kier molecular flexibility index (Phi) is 6.21. The van der Waals surface area contributed by atoms with Crippen LogP contribution in [0.1, 0.15) is 16.1 Å². The number of benzene rings is 2. The lowest BCUT2D eigenvalue weighted by atomic mass is 10.1. The Morgan fingerprint density at radius 1 is 1.18 bits per heavy atom. The van der Waals surface area contributed by atoms with Gasteiger partial charge in [0.2, 0.25) is 5.91 Å². The Hall–Kier alpha value is -2.57. The predicted octanol–water partition coefficient (Wildman–Crippen LogP) is 4.63. The molecule has 7 heteroatoms. The number of aromatic nitrogens is 1. The molecule has 0 bridgehead atoms. The fraction of sp³-hybridized carbons (Fsp3) is 0.190. The van der Waals surface area contributed by atoms with E-state index in [1.807, 2.05) is 36.6 Å². The number of carbonyl (C=O) groups excluding carboxylic acids is 2. The van der Waals surface area contributed by atoms with Gasteiger partial charge in [0.15, 0.2) is 0 Å². The number of hydrogen-bond acceptors (Lipinski definition) is 4. The molecule has 0 saturated heterocycles. The average molecular weight is 414 g/mol. The summed E-state index contributed by atoms with van der Waals surface area (Å²) >= 11 is 7.60. The highest BCUT2D eigenvalue weighted by Gasteiger charge is 2.19. The molecule has 1 aromatic heterocycles. The molecule has 5 nitrogen and oxygen atoms in total. The molecule has 0 fully saturated rings. The first kappa shape index (κ1) is 20.2. The minimum atomic E-state index is -0.264. The van der Waals surface area contributed by atoms with Crippen LogP contribution in [0, 0.1) is 6.92 Å². The summed E-state index contributed by atoms with van der Waals surface area (Å²) in [7, 11) is 1.60. The number of para-hydroxylation sites is 1. The second-order valence-electron chi connectivity index (χ2n) is 6.37. The Labute approximate surface area is 173 Å².